The first-order valence-corrected chi connectivity index (χ1v) is 11.1. The first-order chi connectivity index (χ1) is 10.9. The molecule has 0 aliphatic rings. The van der Waals surface area contributed by atoms with Crippen LogP contribution in [0.3, 0.4) is 0 Å². The van der Waals surface area contributed by atoms with Crippen molar-refractivity contribution >= 4 is 10.1 Å². The Labute approximate surface area is 143 Å². The lowest BCUT2D eigenvalue weighted by atomic mass is 10.0. The number of rotatable bonds is 16. The second-order valence-electron chi connectivity index (χ2n) is 6.77. The molecule has 0 bridgehead atoms. The fourth-order valence-corrected chi connectivity index (χ4v) is 3.92. The molecule has 0 rings (SSSR count). The number of aliphatic hydroxyl groups is 1. The lowest BCUT2D eigenvalue weighted by molar-refractivity contribution is 0.150. The summed E-state index contributed by atoms with van der Waals surface area (Å²) in [5.74, 6) is 0. The van der Waals surface area contributed by atoms with Gasteiger partial charge in [0.1, 0.15) is 0 Å². The van der Waals surface area contributed by atoms with Gasteiger partial charge in [0.05, 0.1) is 11.4 Å². The fourth-order valence-electron chi connectivity index (χ4n) is 2.99. The monoisotopic (exact) mass is 350 g/mol. The second kappa shape index (κ2) is 14.2. The maximum absolute atomic E-state index is 11.3. The molecule has 0 fully saturated rings. The molecular formula is C18H38O4S. The molecule has 2 N–H and O–H groups in total. The minimum atomic E-state index is -3.88. The van der Waals surface area contributed by atoms with Gasteiger partial charge in [-0.1, -0.05) is 78.1 Å². The largest absolute Gasteiger partial charge is 0.393 e. The summed E-state index contributed by atoms with van der Waals surface area (Å²) in [4.78, 5) is 0. The third-order valence-corrected chi connectivity index (χ3v) is 5.80. The van der Waals surface area contributed by atoms with Crippen LogP contribution in [-0.4, -0.2) is 29.4 Å². The Hall–Kier alpha value is -0.130. The van der Waals surface area contributed by atoms with Gasteiger partial charge in [-0.3, -0.25) is 4.55 Å². The summed E-state index contributed by atoms with van der Waals surface area (Å²) in [5, 5.41) is 9.06. The second-order valence-corrected chi connectivity index (χ2v) is 8.47. The van der Waals surface area contributed by atoms with Crippen LogP contribution in [0.1, 0.15) is 104 Å². The number of unbranched alkanes of at least 4 members (excludes halogenated alkanes) is 7. The summed E-state index contributed by atoms with van der Waals surface area (Å²) in [6, 6.07) is 0. The van der Waals surface area contributed by atoms with Crippen molar-refractivity contribution in [3.05, 3.63) is 0 Å². The zero-order valence-electron chi connectivity index (χ0n) is 15.2. The van der Waals surface area contributed by atoms with E-state index in [1.54, 1.807) is 0 Å². The van der Waals surface area contributed by atoms with Gasteiger partial charge < -0.3 is 5.11 Å². The molecule has 0 aliphatic carbocycles. The molecule has 140 valence electrons. The lowest BCUT2D eigenvalue weighted by Gasteiger charge is -2.13. The Morgan fingerprint density at radius 1 is 0.696 bits per heavy atom. The third-order valence-electron chi connectivity index (χ3n) is 4.49. The van der Waals surface area contributed by atoms with Crippen LogP contribution in [-0.2, 0) is 10.1 Å². The molecule has 0 saturated carbocycles. The van der Waals surface area contributed by atoms with Gasteiger partial charge in [-0.25, -0.2) is 0 Å². The average molecular weight is 351 g/mol. The summed E-state index contributed by atoms with van der Waals surface area (Å²) in [7, 11) is -3.88. The minimum absolute atomic E-state index is 0.125. The van der Waals surface area contributed by atoms with Crippen molar-refractivity contribution in [2.75, 3.05) is 0 Å². The van der Waals surface area contributed by atoms with E-state index in [0.717, 1.165) is 57.8 Å². The predicted molar refractivity (Wildman–Crippen MR) is 97.3 cm³/mol. The molecule has 23 heavy (non-hydrogen) atoms. The van der Waals surface area contributed by atoms with E-state index in [0.29, 0.717) is 12.8 Å². The van der Waals surface area contributed by atoms with Crippen LogP contribution >= 0.6 is 0 Å². The minimum Gasteiger partial charge on any atom is -0.393 e. The van der Waals surface area contributed by atoms with Gasteiger partial charge in [-0.15, -0.1) is 0 Å². The Kier molecular flexibility index (Phi) is 14.2. The third kappa shape index (κ3) is 14.0. The fraction of sp³-hybridized carbons (Fsp3) is 1.00. The number of hydrogen-bond acceptors (Lipinski definition) is 3. The molecule has 2 atom stereocenters. The summed E-state index contributed by atoms with van der Waals surface area (Å²) in [6.07, 6.45) is 13.4. The van der Waals surface area contributed by atoms with Gasteiger partial charge in [0.25, 0.3) is 10.1 Å². The molecule has 0 aromatic carbocycles. The Balaban J connectivity index is 3.56. The topological polar surface area (TPSA) is 74.6 Å². The summed E-state index contributed by atoms with van der Waals surface area (Å²) in [6.45, 7) is 4.13. The van der Waals surface area contributed by atoms with Crippen LogP contribution < -0.4 is 0 Å². The molecule has 0 aromatic rings. The van der Waals surface area contributed by atoms with Gasteiger partial charge in [0.2, 0.25) is 0 Å². The Morgan fingerprint density at radius 2 is 1.17 bits per heavy atom. The highest BCUT2D eigenvalue weighted by Gasteiger charge is 2.21. The first-order valence-electron chi connectivity index (χ1n) is 9.56. The predicted octanol–water partition coefficient (Wildman–Crippen LogP) is 5.10. The van der Waals surface area contributed by atoms with Crippen LogP contribution in [0.15, 0.2) is 0 Å². The molecule has 4 nitrogen and oxygen atoms in total. The maximum Gasteiger partial charge on any atom is 0.267 e. The van der Waals surface area contributed by atoms with Crippen molar-refractivity contribution in [1.82, 2.24) is 0 Å². The van der Waals surface area contributed by atoms with Gasteiger partial charge in [-0.05, 0) is 25.7 Å². The lowest BCUT2D eigenvalue weighted by Crippen LogP contribution is -2.20. The molecule has 0 radical (unpaired) electrons. The van der Waals surface area contributed by atoms with Crippen molar-refractivity contribution in [3.8, 4) is 0 Å². The average Bonchev–Trinajstić information content (AvgIpc) is 2.47. The Bertz CT molecular complexity index is 354. The van der Waals surface area contributed by atoms with Crippen LogP contribution in [0.25, 0.3) is 0 Å². The molecule has 0 spiro atoms. The molecule has 0 amide bonds. The van der Waals surface area contributed by atoms with Gasteiger partial charge >= 0.3 is 0 Å². The molecule has 0 saturated heterocycles. The van der Waals surface area contributed by atoms with E-state index >= 15 is 0 Å². The zero-order chi connectivity index (χ0) is 17.6. The quantitative estimate of drug-likeness (QED) is 0.300. The molecule has 2 unspecified atom stereocenters. The van der Waals surface area contributed by atoms with Crippen molar-refractivity contribution in [3.63, 3.8) is 0 Å². The van der Waals surface area contributed by atoms with Gasteiger partial charge in [0, 0.05) is 0 Å². The van der Waals surface area contributed by atoms with Crippen LogP contribution in [0.4, 0.5) is 0 Å². The van der Waals surface area contributed by atoms with E-state index in [-0.39, 0.29) is 6.10 Å². The first kappa shape index (κ1) is 22.9. The van der Waals surface area contributed by atoms with E-state index in [4.69, 9.17) is 0 Å². The van der Waals surface area contributed by atoms with Crippen LogP contribution in [0, 0.1) is 0 Å². The van der Waals surface area contributed by atoms with Crippen molar-refractivity contribution < 1.29 is 18.1 Å². The molecule has 0 heterocycles. The van der Waals surface area contributed by atoms with E-state index in [1.165, 1.54) is 19.3 Å². The van der Waals surface area contributed by atoms with Crippen molar-refractivity contribution in [2.24, 2.45) is 0 Å². The SMILES string of the molecule is CCCCC(CCCCCCCCCC(O)CCC)S(=O)(=O)O. The molecule has 5 heteroatoms. The van der Waals surface area contributed by atoms with E-state index < -0.39 is 15.4 Å². The van der Waals surface area contributed by atoms with E-state index in [1.807, 2.05) is 6.92 Å². The number of hydrogen-bond donors (Lipinski definition) is 2. The van der Waals surface area contributed by atoms with Crippen LogP contribution in [0.2, 0.25) is 0 Å². The molecular weight excluding hydrogens is 312 g/mol. The summed E-state index contributed by atoms with van der Waals surface area (Å²) in [5.41, 5.74) is 0. The van der Waals surface area contributed by atoms with Gasteiger partial charge in [0.15, 0.2) is 0 Å². The summed E-state index contributed by atoms with van der Waals surface area (Å²) < 4.78 is 31.9. The van der Waals surface area contributed by atoms with Crippen molar-refractivity contribution in [1.29, 1.82) is 0 Å². The van der Waals surface area contributed by atoms with E-state index in [9.17, 15) is 18.1 Å². The smallest absolute Gasteiger partial charge is 0.267 e. The Morgan fingerprint density at radius 3 is 1.65 bits per heavy atom. The van der Waals surface area contributed by atoms with Gasteiger partial charge in [-0.2, -0.15) is 8.42 Å². The highest BCUT2D eigenvalue weighted by Crippen LogP contribution is 2.18. The molecule has 0 aliphatic heterocycles. The van der Waals surface area contributed by atoms with Crippen LogP contribution in [0.5, 0.6) is 0 Å². The highest BCUT2D eigenvalue weighted by molar-refractivity contribution is 7.86. The highest BCUT2D eigenvalue weighted by atomic mass is 32.2. The standard InChI is InChI=1S/C18H38O4S/c1-3-5-15-18(23(20,21)22)16-12-10-8-6-7-9-11-14-17(19)13-4-2/h17-19H,3-16H2,1-2H3,(H,20,21,22). The number of aliphatic hydroxyl groups excluding tert-OH is 1. The van der Waals surface area contributed by atoms with Crippen molar-refractivity contribution in [2.45, 2.75) is 115 Å². The summed E-state index contributed by atoms with van der Waals surface area (Å²) >= 11 is 0. The van der Waals surface area contributed by atoms with E-state index in [2.05, 4.69) is 6.92 Å². The zero-order valence-corrected chi connectivity index (χ0v) is 16.0. The molecule has 0 aromatic heterocycles. The maximum atomic E-state index is 11.3. The normalized spacial score (nSPS) is 14.8.